The molecule has 4 N–H and O–H groups in total. The summed E-state index contributed by atoms with van der Waals surface area (Å²) in [6, 6.07) is 19.3. The first-order valence-corrected chi connectivity index (χ1v) is 13.6. The van der Waals surface area contributed by atoms with Gasteiger partial charge in [0, 0.05) is 35.7 Å². The van der Waals surface area contributed by atoms with E-state index in [1.807, 2.05) is 30.3 Å². The van der Waals surface area contributed by atoms with Gasteiger partial charge >= 0.3 is 0 Å². The molecule has 0 bridgehead atoms. The molecular weight excluding hydrogens is 531 g/mol. The molecule has 3 aromatic heterocycles. The van der Waals surface area contributed by atoms with Crippen molar-refractivity contribution >= 4 is 44.5 Å². The zero-order valence-corrected chi connectivity index (χ0v) is 22.1. The molecule has 4 heterocycles. The van der Waals surface area contributed by atoms with Gasteiger partial charge in [0.25, 0.3) is 11.5 Å². The maximum absolute atomic E-state index is 14.7. The Morgan fingerprint density at radius 3 is 2.80 bits per heavy atom. The van der Waals surface area contributed by atoms with E-state index < -0.39 is 17.3 Å². The molecule has 9 nitrogen and oxygen atoms in total. The molecule has 40 heavy (non-hydrogen) atoms. The zero-order chi connectivity index (χ0) is 27.5. The van der Waals surface area contributed by atoms with Gasteiger partial charge in [-0.05, 0) is 59.8 Å². The Bertz CT molecular complexity index is 1700. The van der Waals surface area contributed by atoms with Crippen LogP contribution in [0, 0.1) is 5.82 Å². The summed E-state index contributed by atoms with van der Waals surface area (Å²) in [5.41, 5.74) is 1.72. The predicted octanol–water partition coefficient (Wildman–Crippen LogP) is 5.06. The van der Waals surface area contributed by atoms with E-state index in [1.165, 1.54) is 29.5 Å². The summed E-state index contributed by atoms with van der Waals surface area (Å²) in [6.45, 7) is 2.17. The number of thiophene rings is 1. The lowest BCUT2D eigenvalue weighted by Crippen LogP contribution is -2.28. The van der Waals surface area contributed by atoms with Crippen molar-refractivity contribution < 1.29 is 13.9 Å². The second-order valence-corrected chi connectivity index (χ2v) is 10.5. The van der Waals surface area contributed by atoms with Crippen molar-refractivity contribution in [2.24, 2.45) is 0 Å². The highest BCUT2D eigenvalue weighted by atomic mass is 32.1. The highest BCUT2D eigenvalue weighted by Gasteiger charge is 2.16. The molecule has 5 aromatic rings. The van der Waals surface area contributed by atoms with Crippen molar-refractivity contribution in [1.29, 1.82) is 0 Å². The number of carbonyl (C=O) groups is 1. The highest BCUT2D eigenvalue weighted by Crippen LogP contribution is 2.28. The molecule has 1 fully saturated rings. The molecule has 1 aliphatic heterocycles. The molecule has 1 atom stereocenters. The summed E-state index contributed by atoms with van der Waals surface area (Å²) in [5, 5.41) is 16.6. The van der Waals surface area contributed by atoms with Gasteiger partial charge in [-0.25, -0.2) is 14.5 Å². The number of fused-ring (bicyclic) bond motifs is 1. The minimum absolute atomic E-state index is 0.0116. The predicted molar refractivity (Wildman–Crippen MR) is 154 cm³/mol. The van der Waals surface area contributed by atoms with Crippen LogP contribution in [0.5, 0.6) is 0 Å². The Hall–Kier alpha value is -4.45. The number of halogens is 1. The van der Waals surface area contributed by atoms with E-state index >= 15 is 0 Å². The number of hydrogen-bond donors (Lipinski definition) is 4. The number of aromatic amines is 1. The molecule has 1 amide bonds. The Kier molecular flexibility index (Phi) is 7.32. The van der Waals surface area contributed by atoms with Crippen LogP contribution < -0.4 is 21.5 Å². The van der Waals surface area contributed by atoms with Crippen LogP contribution in [0.25, 0.3) is 21.3 Å². The summed E-state index contributed by atoms with van der Waals surface area (Å²) in [7, 11) is 0. The Balaban J connectivity index is 1.17. The van der Waals surface area contributed by atoms with Crippen LogP contribution in [0.15, 0.2) is 77.7 Å². The largest absolute Gasteiger partial charge is 0.380 e. The van der Waals surface area contributed by atoms with E-state index in [0.717, 1.165) is 28.7 Å². The monoisotopic (exact) mass is 556 g/mol. The Morgan fingerprint density at radius 1 is 1.10 bits per heavy atom. The van der Waals surface area contributed by atoms with Gasteiger partial charge in [-0.1, -0.05) is 24.3 Å². The number of rotatable bonds is 8. The molecule has 1 saturated heterocycles. The van der Waals surface area contributed by atoms with Gasteiger partial charge in [0.15, 0.2) is 0 Å². The summed E-state index contributed by atoms with van der Waals surface area (Å²) in [4.78, 5) is 30.2. The van der Waals surface area contributed by atoms with Crippen LogP contribution in [0.3, 0.4) is 0 Å². The number of hydrogen-bond acceptors (Lipinski definition) is 8. The summed E-state index contributed by atoms with van der Waals surface area (Å²) >= 11 is 1.34. The fourth-order valence-electron chi connectivity index (χ4n) is 4.40. The van der Waals surface area contributed by atoms with Crippen molar-refractivity contribution in [1.82, 2.24) is 20.5 Å². The Morgan fingerprint density at radius 2 is 2.00 bits per heavy atom. The van der Waals surface area contributed by atoms with Crippen LogP contribution in [0.1, 0.15) is 21.7 Å². The smallest absolute Gasteiger partial charge is 0.287 e. The third-order valence-electron chi connectivity index (χ3n) is 6.58. The lowest BCUT2D eigenvalue weighted by Gasteiger charge is -2.11. The van der Waals surface area contributed by atoms with Crippen molar-refractivity contribution in [3.63, 3.8) is 0 Å². The molecule has 11 heteroatoms. The third kappa shape index (κ3) is 5.76. The molecule has 2 aromatic carbocycles. The maximum atomic E-state index is 14.7. The minimum Gasteiger partial charge on any atom is -0.380 e. The van der Waals surface area contributed by atoms with Gasteiger partial charge in [0.1, 0.15) is 17.3 Å². The van der Waals surface area contributed by atoms with Gasteiger partial charge in [-0.15, -0.1) is 11.3 Å². The first-order valence-electron chi connectivity index (χ1n) is 12.7. The van der Waals surface area contributed by atoms with E-state index in [4.69, 9.17) is 4.74 Å². The summed E-state index contributed by atoms with van der Waals surface area (Å²) in [6.07, 6.45) is 2.74. The van der Waals surface area contributed by atoms with Gasteiger partial charge < -0.3 is 20.7 Å². The van der Waals surface area contributed by atoms with Crippen molar-refractivity contribution in [3.05, 3.63) is 99.5 Å². The molecule has 1 unspecified atom stereocenters. The second-order valence-electron chi connectivity index (χ2n) is 9.41. The van der Waals surface area contributed by atoms with E-state index in [1.54, 1.807) is 24.4 Å². The molecule has 1 aliphatic rings. The van der Waals surface area contributed by atoms with Gasteiger partial charge in [-0.2, -0.15) is 5.10 Å². The SMILES string of the molecule is O=C(Nc1cc(-c2cc(Nc3ccc(CNC4CCOC4)cn3)c(=O)[nH]n2)ccc1F)c1cc2ccccc2s1. The molecule has 202 valence electrons. The Labute approximate surface area is 232 Å². The average Bonchev–Trinajstić information content (AvgIpc) is 3.65. The number of nitrogens with zero attached hydrogens (tertiary/aromatic N) is 2. The maximum Gasteiger partial charge on any atom is 0.287 e. The van der Waals surface area contributed by atoms with Crippen molar-refractivity contribution in [2.75, 3.05) is 23.8 Å². The number of benzene rings is 2. The molecule has 0 radical (unpaired) electrons. The summed E-state index contributed by atoms with van der Waals surface area (Å²) < 4.78 is 21.0. The normalized spacial score (nSPS) is 14.9. The molecule has 0 saturated carbocycles. The van der Waals surface area contributed by atoms with Gasteiger partial charge in [-0.3, -0.25) is 9.59 Å². The lowest BCUT2D eigenvalue weighted by atomic mass is 10.1. The standard InChI is InChI=1S/C29H25FN6O3S/c30-21-7-6-18(11-23(21)34-29(38)26-12-19-3-1-2-4-25(19)40-26)22-13-24(28(37)36-35-22)33-27-8-5-17(15-32-27)14-31-20-9-10-39-16-20/h1-8,11-13,15,20,31H,9-10,14,16H2,(H,34,38)(H,36,37)(H,32,33,35). The van der Waals surface area contributed by atoms with Gasteiger partial charge in [0.2, 0.25) is 0 Å². The van der Waals surface area contributed by atoms with E-state index in [2.05, 4.69) is 31.1 Å². The number of ether oxygens (including phenoxy) is 1. The number of pyridine rings is 1. The average molecular weight is 557 g/mol. The van der Waals surface area contributed by atoms with Gasteiger partial charge in [0.05, 0.1) is 22.9 Å². The highest BCUT2D eigenvalue weighted by molar-refractivity contribution is 7.20. The third-order valence-corrected chi connectivity index (χ3v) is 7.69. The molecular formula is C29H25FN6O3S. The van der Waals surface area contributed by atoms with Crippen molar-refractivity contribution in [3.8, 4) is 11.3 Å². The van der Waals surface area contributed by atoms with E-state index in [9.17, 15) is 14.0 Å². The quantitative estimate of drug-likeness (QED) is 0.211. The van der Waals surface area contributed by atoms with Crippen LogP contribution >= 0.6 is 11.3 Å². The van der Waals surface area contributed by atoms with Crippen molar-refractivity contribution in [2.45, 2.75) is 19.0 Å². The zero-order valence-electron chi connectivity index (χ0n) is 21.2. The van der Waals surface area contributed by atoms with E-state index in [0.29, 0.717) is 41.1 Å². The number of aromatic nitrogens is 3. The fourth-order valence-corrected chi connectivity index (χ4v) is 5.36. The number of nitrogens with one attached hydrogen (secondary N) is 4. The number of anilines is 3. The molecule has 0 spiro atoms. The van der Waals surface area contributed by atoms with E-state index in [-0.39, 0.29) is 11.4 Å². The van der Waals surface area contributed by atoms with Crippen LogP contribution in [-0.4, -0.2) is 40.3 Å². The minimum atomic E-state index is -0.583. The summed E-state index contributed by atoms with van der Waals surface area (Å²) in [5.74, 6) is -0.499. The topological polar surface area (TPSA) is 121 Å². The van der Waals surface area contributed by atoms with Crippen LogP contribution in [0.4, 0.5) is 21.6 Å². The number of H-pyrrole nitrogens is 1. The first kappa shape index (κ1) is 25.8. The number of amides is 1. The number of carbonyl (C=O) groups excluding carboxylic acids is 1. The van der Waals surface area contributed by atoms with Crippen LogP contribution in [0.2, 0.25) is 0 Å². The molecule has 0 aliphatic carbocycles. The molecule has 6 rings (SSSR count). The second kappa shape index (κ2) is 11.3. The fraction of sp³-hybridized carbons (Fsp3) is 0.172. The lowest BCUT2D eigenvalue weighted by molar-refractivity contribution is 0.103. The first-order chi connectivity index (χ1) is 19.5. The van der Waals surface area contributed by atoms with Crippen LogP contribution in [-0.2, 0) is 11.3 Å².